The van der Waals surface area contributed by atoms with Crippen LogP contribution in [0.2, 0.25) is 0 Å². The van der Waals surface area contributed by atoms with Crippen molar-refractivity contribution in [2.45, 2.75) is 91.8 Å². The first-order chi connectivity index (χ1) is 15.9. The number of allylic oxidation sites excluding steroid dienone is 1. The van der Waals surface area contributed by atoms with E-state index < -0.39 is 23.7 Å². The molecule has 1 aliphatic heterocycles. The van der Waals surface area contributed by atoms with Gasteiger partial charge in [-0.1, -0.05) is 32.4 Å². The van der Waals surface area contributed by atoms with Crippen molar-refractivity contribution in [1.29, 1.82) is 0 Å². The molecule has 0 bridgehead atoms. The molecule has 0 aromatic heterocycles. The van der Waals surface area contributed by atoms with Gasteiger partial charge in [0.25, 0.3) is 5.76 Å². The van der Waals surface area contributed by atoms with E-state index >= 15 is 0 Å². The molecule has 8 nitrogen and oxygen atoms in total. The lowest BCUT2D eigenvalue weighted by atomic mass is 9.82. The van der Waals surface area contributed by atoms with Gasteiger partial charge in [0.05, 0.1) is 18.8 Å². The van der Waals surface area contributed by atoms with Crippen LogP contribution in [0.1, 0.15) is 79.6 Å². The van der Waals surface area contributed by atoms with E-state index in [0.29, 0.717) is 11.8 Å². The summed E-state index contributed by atoms with van der Waals surface area (Å²) < 4.78 is 21.3. The molecule has 4 atom stereocenters. The highest BCUT2D eigenvalue weighted by Gasteiger charge is 2.45. The van der Waals surface area contributed by atoms with Crippen molar-refractivity contribution in [2.24, 2.45) is 17.3 Å². The first-order valence-corrected chi connectivity index (χ1v) is 12.2. The van der Waals surface area contributed by atoms with Crippen LogP contribution in [0.15, 0.2) is 23.7 Å². The lowest BCUT2D eigenvalue weighted by molar-refractivity contribution is -0.148. The number of carbonyl (C=O) groups excluding carboxylic acids is 2. The lowest BCUT2D eigenvalue weighted by Gasteiger charge is -2.26. The van der Waals surface area contributed by atoms with Gasteiger partial charge in [0.2, 0.25) is 0 Å². The van der Waals surface area contributed by atoms with E-state index in [2.05, 4.69) is 20.4 Å². The minimum atomic E-state index is -1.47. The molecule has 0 spiro atoms. The Hall–Kier alpha value is -2.19. The molecule has 0 radical (unpaired) electrons. The van der Waals surface area contributed by atoms with Gasteiger partial charge in [0, 0.05) is 26.9 Å². The van der Waals surface area contributed by atoms with E-state index in [9.17, 15) is 19.5 Å². The lowest BCUT2D eigenvalue weighted by Crippen LogP contribution is -2.20. The van der Waals surface area contributed by atoms with Crippen molar-refractivity contribution in [2.75, 3.05) is 13.2 Å². The average molecular weight is 481 g/mol. The molecule has 192 valence electrons. The standard InChI is InChI=1S/C26H40O8/c1-7-31-15-26(5,6)12-8-9-19-11-10-16(2)20(19)13-21-22(34-21)14-23(32-17(3)27)24(25(29)30)33-18(4)28/h19-22H,2,7-15H2,1,3-6H3,(H,29,30)/t19-,20-,21+,22?/m0/s1. The van der Waals surface area contributed by atoms with Gasteiger partial charge in [-0.05, 0) is 56.3 Å². The van der Waals surface area contributed by atoms with Gasteiger partial charge in [0.15, 0.2) is 5.76 Å². The van der Waals surface area contributed by atoms with Crippen LogP contribution in [0, 0.1) is 17.3 Å². The Morgan fingerprint density at radius 3 is 2.41 bits per heavy atom. The summed E-state index contributed by atoms with van der Waals surface area (Å²) in [4.78, 5) is 34.4. The number of carboxylic acids is 1. The maximum Gasteiger partial charge on any atom is 0.375 e. The summed E-state index contributed by atoms with van der Waals surface area (Å²) in [5.41, 5.74) is 1.41. The van der Waals surface area contributed by atoms with Crippen LogP contribution in [0.25, 0.3) is 0 Å². The summed E-state index contributed by atoms with van der Waals surface area (Å²) in [6.07, 6.45) is 6.00. The molecular formula is C26H40O8. The highest BCUT2D eigenvalue weighted by molar-refractivity contribution is 5.88. The Morgan fingerprint density at radius 1 is 1.15 bits per heavy atom. The zero-order valence-electron chi connectivity index (χ0n) is 21.2. The predicted molar refractivity (Wildman–Crippen MR) is 126 cm³/mol. The van der Waals surface area contributed by atoms with E-state index in [-0.39, 0.29) is 29.8 Å². The van der Waals surface area contributed by atoms with Crippen molar-refractivity contribution in [3.63, 3.8) is 0 Å². The summed E-state index contributed by atoms with van der Waals surface area (Å²) in [5, 5.41) is 9.40. The molecule has 2 rings (SSSR count). The third-order valence-corrected chi connectivity index (χ3v) is 6.58. The summed E-state index contributed by atoms with van der Waals surface area (Å²) in [7, 11) is 0. The van der Waals surface area contributed by atoms with Crippen molar-refractivity contribution in [3.8, 4) is 0 Å². The van der Waals surface area contributed by atoms with E-state index in [1.165, 1.54) is 12.5 Å². The van der Waals surface area contributed by atoms with Gasteiger partial charge < -0.3 is 24.1 Å². The fourth-order valence-corrected chi connectivity index (χ4v) is 4.81. The average Bonchev–Trinajstić information content (AvgIpc) is 3.37. The Labute approximate surface area is 202 Å². The van der Waals surface area contributed by atoms with Crippen molar-refractivity contribution >= 4 is 17.9 Å². The normalized spacial score (nSPS) is 25.0. The quantitative estimate of drug-likeness (QED) is 0.124. The molecule has 2 fully saturated rings. The summed E-state index contributed by atoms with van der Waals surface area (Å²) in [6.45, 7) is 14.5. The van der Waals surface area contributed by atoms with Crippen molar-refractivity contribution in [1.82, 2.24) is 0 Å². The maximum atomic E-state index is 11.5. The molecule has 0 aromatic rings. The van der Waals surface area contributed by atoms with Crippen LogP contribution < -0.4 is 0 Å². The predicted octanol–water partition coefficient (Wildman–Crippen LogP) is 4.77. The molecule has 1 unspecified atom stereocenters. The summed E-state index contributed by atoms with van der Waals surface area (Å²) in [5.74, 6) is -2.91. The summed E-state index contributed by atoms with van der Waals surface area (Å²) in [6, 6.07) is 0. The van der Waals surface area contributed by atoms with Crippen molar-refractivity contribution in [3.05, 3.63) is 23.7 Å². The van der Waals surface area contributed by atoms with Gasteiger partial charge in [-0.15, -0.1) is 0 Å². The van der Waals surface area contributed by atoms with Crippen LogP contribution in [-0.4, -0.2) is 48.4 Å². The molecule has 0 aromatic carbocycles. The number of rotatable bonds is 14. The summed E-state index contributed by atoms with van der Waals surface area (Å²) >= 11 is 0. The number of ether oxygens (including phenoxy) is 4. The number of hydrogen-bond donors (Lipinski definition) is 1. The van der Waals surface area contributed by atoms with E-state index in [1.807, 2.05) is 6.92 Å². The molecule has 2 aliphatic rings. The number of aliphatic carboxylic acids is 1. The van der Waals surface area contributed by atoms with Gasteiger partial charge in [0.1, 0.15) is 0 Å². The molecular weight excluding hydrogens is 440 g/mol. The van der Waals surface area contributed by atoms with Gasteiger partial charge in [-0.2, -0.15) is 0 Å². The molecule has 34 heavy (non-hydrogen) atoms. The minimum absolute atomic E-state index is 0.0502. The third kappa shape index (κ3) is 8.87. The van der Waals surface area contributed by atoms with Gasteiger partial charge >= 0.3 is 17.9 Å². The van der Waals surface area contributed by atoms with Crippen LogP contribution >= 0.6 is 0 Å². The molecule has 1 aliphatic carbocycles. The number of hydrogen-bond acceptors (Lipinski definition) is 7. The Bertz CT molecular complexity index is 797. The molecule has 8 heteroatoms. The van der Waals surface area contributed by atoms with Crippen molar-refractivity contribution < 1.29 is 38.4 Å². The zero-order chi connectivity index (χ0) is 25.5. The largest absolute Gasteiger partial charge is 0.475 e. The second kappa shape index (κ2) is 12.5. The first-order valence-electron chi connectivity index (χ1n) is 12.2. The van der Waals surface area contributed by atoms with Crippen LogP contribution in [0.4, 0.5) is 0 Å². The second-order valence-corrected chi connectivity index (χ2v) is 10.2. The van der Waals surface area contributed by atoms with Crippen LogP contribution in [0.3, 0.4) is 0 Å². The van der Waals surface area contributed by atoms with Gasteiger partial charge in [-0.3, -0.25) is 9.59 Å². The number of esters is 2. The van der Waals surface area contributed by atoms with Gasteiger partial charge in [-0.25, -0.2) is 4.79 Å². The molecule has 1 N–H and O–H groups in total. The molecule has 1 saturated heterocycles. The number of carboxylic acid groups (broad SMARTS) is 1. The van der Waals surface area contributed by atoms with E-state index in [0.717, 1.165) is 58.7 Å². The van der Waals surface area contributed by atoms with E-state index in [4.69, 9.17) is 18.9 Å². The number of carbonyl (C=O) groups is 3. The second-order valence-electron chi connectivity index (χ2n) is 10.2. The smallest absolute Gasteiger partial charge is 0.375 e. The maximum absolute atomic E-state index is 11.5. The highest BCUT2D eigenvalue weighted by atomic mass is 16.6. The van der Waals surface area contributed by atoms with Crippen LogP contribution in [0.5, 0.6) is 0 Å². The highest BCUT2D eigenvalue weighted by Crippen LogP contribution is 2.46. The minimum Gasteiger partial charge on any atom is -0.475 e. The van der Waals surface area contributed by atoms with E-state index in [1.54, 1.807) is 0 Å². The first kappa shape index (κ1) is 28.1. The molecule has 0 amide bonds. The number of epoxide rings is 1. The van der Waals surface area contributed by atoms with Crippen LogP contribution in [-0.2, 0) is 33.3 Å². The third-order valence-electron chi connectivity index (χ3n) is 6.58. The Kier molecular flexibility index (Phi) is 10.3. The monoisotopic (exact) mass is 480 g/mol. The SMILES string of the molecule is C=C1CC[C@H](CCCC(C)(C)COCC)[C@H]1C[C@H]1OC1CC(OC(C)=O)=C(OC(C)=O)C(=O)O. The fraction of sp³-hybridized carbons (Fsp3) is 0.731. The molecule has 1 saturated carbocycles. The Balaban J connectivity index is 1.95. The Morgan fingerprint density at radius 2 is 1.82 bits per heavy atom. The topological polar surface area (TPSA) is 112 Å². The fourth-order valence-electron chi connectivity index (χ4n) is 4.81. The molecule has 1 heterocycles. The zero-order valence-corrected chi connectivity index (χ0v) is 21.2.